The zero-order valence-electron chi connectivity index (χ0n) is 15.7. The lowest BCUT2D eigenvalue weighted by atomic mass is 10.1. The number of carbonyl (C=O) groups excluding carboxylic acids is 2. The normalized spacial score (nSPS) is 14.3. The highest BCUT2D eigenvalue weighted by Crippen LogP contribution is 2.20. The van der Waals surface area contributed by atoms with E-state index >= 15 is 0 Å². The lowest BCUT2D eigenvalue weighted by Gasteiger charge is -2.20. The Morgan fingerprint density at radius 3 is 2.33 bits per heavy atom. The summed E-state index contributed by atoms with van der Waals surface area (Å²) in [4.78, 5) is 26.9. The van der Waals surface area contributed by atoms with E-state index in [2.05, 4.69) is 5.32 Å². The molecule has 27 heavy (non-hydrogen) atoms. The van der Waals surface area contributed by atoms with Gasteiger partial charge in [0.15, 0.2) is 6.61 Å². The lowest BCUT2D eigenvalue weighted by Crippen LogP contribution is -2.35. The van der Waals surface area contributed by atoms with Gasteiger partial charge in [0.05, 0.1) is 5.56 Å². The van der Waals surface area contributed by atoms with E-state index < -0.39 is 0 Å². The number of para-hydroxylation sites is 1. The van der Waals surface area contributed by atoms with Crippen LogP contribution in [0.3, 0.4) is 0 Å². The van der Waals surface area contributed by atoms with E-state index in [0.29, 0.717) is 11.3 Å². The highest BCUT2D eigenvalue weighted by atomic mass is 16.5. The van der Waals surface area contributed by atoms with Gasteiger partial charge in [-0.25, -0.2) is 0 Å². The number of likely N-dealkylation sites (tertiary alicyclic amines) is 1. The number of nitrogens with zero attached hydrogens (tertiary/aromatic N) is 1. The third-order valence-electron chi connectivity index (χ3n) is 4.75. The quantitative estimate of drug-likeness (QED) is 0.869. The maximum absolute atomic E-state index is 12.6. The van der Waals surface area contributed by atoms with Gasteiger partial charge in [-0.05, 0) is 44.0 Å². The number of aryl methyl sites for hydroxylation is 1. The highest BCUT2D eigenvalue weighted by molar-refractivity contribution is 6.06. The molecular weight excluding hydrogens is 340 g/mol. The molecule has 0 aliphatic carbocycles. The zero-order chi connectivity index (χ0) is 19.1. The maximum Gasteiger partial charge on any atom is 0.260 e. The van der Waals surface area contributed by atoms with Crippen LogP contribution < -0.4 is 10.1 Å². The molecule has 1 heterocycles. The molecule has 0 atom stereocenters. The summed E-state index contributed by atoms with van der Waals surface area (Å²) in [6.07, 6.45) is 4.43. The van der Waals surface area contributed by atoms with Gasteiger partial charge in [-0.3, -0.25) is 9.59 Å². The molecule has 1 fully saturated rings. The SMILES string of the molecule is Cc1ccc(NC(=O)c2ccccc2OCC(=O)N2CCCCCC2)cc1. The van der Waals surface area contributed by atoms with Crippen LogP contribution >= 0.6 is 0 Å². The first-order chi connectivity index (χ1) is 13.1. The molecule has 142 valence electrons. The van der Waals surface area contributed by atoms with Crippen molar-refractivity contribution in [2.75, 3.05) is 25.0 Å². The molecule has 2 aromatic carbocycles. The Kier molecular flexibility index (Phi) is 6.47. The summed E-state index contributed by atoms with van der Waals surface area (Å²) in [5.74, 6) is 0.146. The zero-order valence-corrected chi connectivity index (χ0v) is 15.7. The number of nitrogens with one attached hydrogen (secondary N) is 1. The Morgan fingerprint density at radius 2 is 1.63 bits per heavy atom. The Hall–Kier alpha value is -2.82. The smallest absolute Gasteiger partial charge is 0.260 e. The molecule has 1 N–H and O–H groups in total. The van der Waals surface area contributed by atoms with Gasteiger partial charge in [-0.15, -0.1) is 0 Å². The van der Waals surface area contributed by atoms with Crippen LogP contribution in [0.5, 0.6) is 5.75 Å². The van der Waals surface area contributed by atoms with Gasteiger partial charge >= 0.3 is 0 Å². The second kappa shape index (κ2) is 9.21. The van der Waals surface area contributed by atoms with Crippen molar-refractivity contribution in [1.29, 1.82) is 0 Å². The van der Waals surface area contributed by atoms with Crippen molar-refractivity contribution in [1.82, 2.24) is 4.90 Å². The van der Waals surface area contributed by atoms with Crippen LogP contribution in [0.25, 0.3) is 0 Å². The molecule has 3 rings (SSSR count). The third-order valence-corrected chi connectivity index (χ3v) is 4.75. The predicted molar refractivity (Wildman–Crippen MR) is 106 cm³/mol. The van der Waals surface area contributed by atoms with Crippen LogP contribution in [-0.4, -0.2) is 36.4 Å². The molecular formula is C22H26N2O3. The number of amides is 2. The Bertz CT molecular complexity index is 778. The third kappa shape index (κ3) is 5.33. The number of hydrogen-bond acceptors (Lipinski definition) is 3. The van der Waals surface area contributed by atoms with Crippen molar-refractivity contribution in [2.24, 2.45) is 0 Å². The van der Waals surface area contributed by atoms with Gasteiger partial charge in [0.25, 0.3) is 11.8 Å². The predicted octanol–water partition coefficient (Wildman–Crippen LogP) is 4.03. The van der Waals surface area contributed by atoms with Gasteiger partial charge < -0.3 is 15.0 Å². The van der Waals surface area contributed by atoms with Crippen molar-refractivity contribution in [2.45, 2.75) is 32.6 Å². The number of carbonyl (C=O) groups is 2. The molecule has 2 amide bonds. The van der Waals surface area contributed by atoms with Crippen LogP contribution in [0, 0.1) is 6.92 Å². The standard InChI is InChI=1S/C22H26N2O3/c1-17-10-12-18(13-11-17)23-22(26)19-8-4-5-9-20(19)27-16-21(25)24-14-6-2-3-7-15-24/h4-5,8-13H,2-3,6-7,14-16H2,1H3,(H,23,26). The second-order valence-electron chi connectivity index (χ2n) is 6.90. The molecule has 5 nitrogen and oxygen atoms in total. The molecule has 0 spiro atoms. The summed E-state index contributed by atoms with van der Waals surface area (Å²) >= 11 is 0. The number of hydrogen-bond donors (Lipinski definition) is 1. The van der Waals surface area contributed by atoms with E-state index in [1.54, 1.807) is 24.3 Å². The summed E-state index contributed by atoms with van der Waals surface area (Å²) in [7, 11) is 0. The topological polar surface area (TPSA) is 58.6 Å². The molecule has 1 aliphatic rings. The monoisotopic (exact) mass is 366 g/mol. The summed E-state index contributed by atoms with van der Waals surface area (Å²) < 4.78 is 5.72. The molecule has 0 radical (unpaired) electrons. The Labute approximate surface area is 160 Å². The van der Waals surface area contributed by atoms with Crippen LogP contribution in [0.4, 0.5) is 5.69 Å². The molecule has 2 aromatic rings. The first-order valence-electron chi connectivity index (χ1n) is 9.51. The molecule has 0 aromatic heterocycles. The Balaban J connectivity index is 1.63. The van der Waals surface area contributed by atoms with Crippen molar-refractivity contribution in [3.8, 4) is 5.75 Å². The number of anilines is 1. The fourth-order valence-electron chi connectivity index (χ4n) is 3.17. The van der Waals surface area contributed by atoms with E-state index in [0.717, 1.165) is 37.2 Å². The van der Waals surface area contributed by atoms with Gasteiger partial charge in [0.2, 0.25) is 0 Å². The van der Waals surface area contributed by atoms with Gasteiger partial charge in [0.1, 0.15) is 5.75 Å². The van der Waals surface area contributed by atoms with Crippen LogP contribution in [0.1, 0.15) is 41.6 Å². The Morgan fingerprint density at radius 1 is 0.963 bits per heavy atom. The summed E-state index contributed by atoms with van der Waals surface area (Å²) in [5, 5.41) is 2.87. The minimum atomic E-state index is -0.253. The van der Waals surface area contributed by atoms with Crippen LogP contribution in [-0.2, 0) is 4.79 Å². The fourth-order valence-corrected chi connectivity index (χ4v) is 3.17. The molecule has 0 saturated carbocycles. The molecule has 0 unspecified atom stereocenters. The van der Waals surface area contributed by atoms with Gasteiger partial charge in [-0.1, -0.05) is 42.7 Å². The number of ether oxygens (including phenoxy) is 1. The second-order valence-corrected chi connectivity index (χ2v) is 6.90. The minimum absolute atomic E-state index is 0.0226. The lowest BCUT2D eigenvalue weighted by molar-refractivity contribution is -0.133. The van der Waals surface area contributed by atoms with E-state index in [4.69, 9.17) is 4.74 Å². The molecule has 1 aliphatic heterocycles. The van der Waals surface area contributed by atoms with E-state index in [9.17, 15) is 9.59 Å². The molecule has 0 bridgehead atoms. The average Bonchev–Trinajstić information content (AvgIpc) is 2.97. The van der Waals surface area contributed by atoms with E-state index in [-0.39, 0.29) is 18.4 Å². The summed E-state index contributed by atoms with van der Waals surface area (Å²) in [6, 6.07) is 14.6. The minimum Gasteiger partial charge on any atom is -0.483 e. The summed E-state index contributed by atoms with van der Waals surface area (Å²) in [6.45, 7) is 3.53. The van der Waals surface area contributed by atoms with Crippen molar-refractivity contribution < 1.29 is 14.3 Å². The maximum atomic E-state index is 12.6. The van der Waals surface area contributed by atoms with Gasteiger partial charge in [-0.2, -0.15) is 0 Å². The van der Waals surface area contributed by atoms with Crippen LogP contribution in [0.2, 0.25) is 0 Å². The van der Waals surface area contributed by atoms with E-state index in [1.165, 1.54) is 12.8 Å². The molecule has 1 saturated heterocycles. The van der Waals surface area contributed by atoms with Crippen molar-refractivity contribution in [3.63, 3.8) is 0 Å². The largest absolute Gasteiger partial charge is 0.483 e. The average molecular weight is 366 g/mol. The van der Waals surface area contributed by atoms with Gasteiger partial charge in [0, 0.05) is 18.8 Å². The van der Waals surface area contributed by atoms with Crippen molar-refractivity contribution >= 4 is 17.5 Å². The first kappa shape index (κ1) is 19.0. The number of rotatable bonds is 5. The van der Waals surface area contributed by atoms with Crippen LogP contribution in [0.15, 0.2) is 48.5 Å². The van der Waals surface area contributed by atoms with E-state index in [1.807, 2.05) is 36.1 Å². The summed E-state index contributed by atoms with van der Waals surface area (Å²) in [5.41, 5.74) is 2.27. The van der Waals surface area contributed by atoms with Crippen molar-refractivity contribution in [3.05, 3.63) is 59.7 Å². The first-order valence-corrected chi connectivity index (χ1v) is 9.51. The molecule has 5 heteroatoms. The highest BCUT2D eigenvalue weighted by Gasteiger charge is 2.18. The number of benzene rings is 2. The fraction of sp³-hybridized carbons (Fsp3) is 0.364.